The molecule has 350 valence electrons. The topological polar surface area (TPSA) is 359 Å². The van der Waals surface area contributed by atoms with Crippen molar-refractivity contribution in [2.45, 2.75) is 135 Å². The molecular weight excluding hydrogens is 827 g/mol. The van der Waals surface area contributed by atoms with Gasteiger partial charge in [0.05, 0.1) is 12.6 Å². The van der Waals surface area contributed by atoms with Crippen molar-refractivity contribution in [2.75, 3.05) is 13.1 Å². The highest BCUT2D eigenvalue weighted by Gasteiger charge is 2.40. The van der Waals surface area contributed by atoms with E-state index in [1.165, 1.54) is 36.1 Å². The quantitative estimate of drug-likeness (QED) is 0.0485. The van der Waals surface area contributed by atoms with Crippen LogP contribution in [0.3, 0.4) is 0 Å². The molecule has 0 radical (unpaired) electrons. The van der Waals surface area contributed by atoms with E-state index in [4.69, 9.17) is 11.5 Å². The van der Waals surface area contributed by atoms with E-state index < -0.39 is 127 Å². The zero-order valence-electron chi connectivity index (χ0n) is 36.3. The first-order chi connectivity index (χ1) is 29.5. The second-order valence-electron chi connectivity index (χ2n) is 16.1. The van der Waals surface area contributed by atoms with Crippen LogP contribution in [0.2, 0.25) is 0 Å². The molecule has 0 unspecified atom stereocenters. The fourth-order valence-electron chi connectivity index (χ4n) is 6.68. The van der Waals surface area contributed by atoms with Gasteiger partial charge in [0.1, 0.15) is 42.0 Å². The third kappa shape index (κ3) is 17.9. The second kappa shape index (κ2) is 25.6. The fourth-order valence-corrected chi connectivity index (χ4v) is 6.68. The third-order valence-corrected chi connectivity index (χ3v) is 10.5. The molecule has 13 N–H and O–H groups in total. The van der Waals surface area contributed by atoms with Gasteiger partial charge in [-0.15, -0.1) is 0 Å². The molecule has 0 spiro atoms. The molecule has 2 rings (SSSR count). The van der Waals surface area contributed by atoms with Crippen molar-refractivity contribution in [2.24, 2.45) is 23.3 Å². The van der Waals surface area contributed by atoms with Crippen LogP contribution in [0.1, 0.15) is 91.5 Å². The number of hydrogen-bond acceptors (Lipinski definition) is 12. The number of nitrogens with zero attached hydrogens (tertiary/aromatic N) is 1. The number of aliphatic carboxylic acids is 2. The molecular formula is C41H63N9O13. The first-order valence-electron chi connectivity index (χ1n) is 20.9. The number of hydrogen-bond donors (Lipinski definition) is 11. The van der Waals surface area contributed by atoms with E-state index in [1.54, 1.807) is 6.92 Å². The summed E-state index contributed by atoms with van der Waals surface area (Å²) in [5.74, 6) is -9.39. The predicted octanol–water partition coefficient (Wildman–Crippen LogP) is -1.88. The van der Waals surface area contributed by atoms with Crippen molar-refractivity contribution in [3.05, 3.63) is 29.8 Å². The maximum Gasteiger partial charge on any atom is 0.326 e. The number of phenolic OH excluding ortho intramolecular Hbond substituents is 1. The summed E-state index contributed by atoms with van der Waals surface area (Å²) in [6.07, 6.45) is -0.654. The lowest BCUT2D eigenvalue weighted by Gasteiger charge is -2.32. The molecule has 1 aromatic carbocycles. The summed E-state index contributed by atoms with van der Waals surface area (Å²) in [4.78, 5) is 130. The smallest absolute Gasteiger partial charge is 0.326 e. The zero-order chi connectivity index (χ0) is 47.6. The minimum atomic E-state index is -1.62. The maximum atomic E-state index is 13.9. The Kier molecular flexibility index (Phi) is 21.4. The minimum absolute atomic E-state index is 0.0769. The molecule has 1 aromatic rings. The minimum Gasteiger partial charge on any atom is -0.508 e. The highest BCUT2D eigenvalue weighted by Crippen LogP contribution is 2.22. The number of likely N-dealkylation sites (tertiary alicyclic amines) is 1. The molecule has 1 fully saturated rings. The molecule has 63 heavy (non-hydrogen) atoms. The van der Waals surface area contributed by atoms with Gasteiger partial charge in [0.25, 0.3) is 0 Å². The van der Waals surface area contributed by atoms with Crippen molar-refractivity contribution >= 4 is 59.2 Å². The van der Waals surface area contributed by atoms with Gasteiger partial charge in [-0.1, -0.05) is 46.2 Å². The SMILES string of the molecule is CC[C@H](C)[C@H](NC(=O)CNC(=O)[C@@H](N)CC(C)C)C(=O)N1CCC[C@H]1C(=O)N[C@@H](C)C(=O)N[C@@H](CCC(N)=O)C(=O)N[C@@H](CCC(=O)O)C(=O)N[C@@H](Cc1ccc(O)cc1)C(=O)O. The number of carboxylic acids is 2. The molecule has 1 aliphatic heterocycles. The number of benzene rings is 1. The van der Waals surface area contributed by atoms with Crippen LogP contribution in [0.15, 0.2) is 24.3 Å². The fraction of sp³-hybridized carbons (Fsp3) is 0.610. The van der Waals surface area contributed by atoms with Crippen molar-refractivity contribution in [3.63, 3.8) is 0 Å². The summed E-state index contributed by atoms with van der Waals surface area (Å²) >= 11 is 0. The lowest BCUT2D eigenvalue weighted by atomic mass is 9.97. The summed E-state index contributed by atoms with van der Waals surface area (Å²) in [5, 5.41) is 43.3. The van der Waals surface area contributed by atoms with Crippen molar-refractivity contribution in [1.82, 2.24) is 36.8 Å². The van der Waals surface area contributed by atoms with E-state index in [9.17, 15) is 63.3 Å². The summed E-state index contributed by atoms with van der Waals surface area (Å²) in [5.41, 5.74) is 11.6. The number of carbonyl (C=O) groups is 10. The zero-order valence-corrected chi connectivity index (χ0v) is 36.3. The molecule has 8 amide bonds. The third-order valence-electron chi connectivity index (χ3n) is 10.5. The lowest BCUT2D eigenvalue weighted by molar-refractivity contribution is -0.143. The molecule has 1 aliphatic rings. The van der Waals surface area contributed by atoms with Gasteiger partial charge in [0.2, 0.25) is 47.3 Å². The number of primary amides is 1. The molecule has 22 heteroatoms. The standard InChI is InChI=1S/C41H63N9O13/c1-6-22(4)34(49-32(53)20-44-36(57)26(42)18-21(2)3)40(61)50-17-7-8-30(50)39(60)45-23(5)35(56)46-27(13-15-31(43)52)37(58)47-28(14-16-33(54)55)38(59)48-29(41(62)63)19-24-9-11-25(51)12-10-24/h9-12,21-23,26-30,34,51H,6-8,13-20,42H2,1-5H3,(H2,43,52)(H,44,57)(H,45,60)(H,46,56)(H,47,58)(H,48,59)(H,49,53)(H,54,55)(H,62,63)/t22-,23-,26-,27-,28-,29-,30-,34-/m0/s1. The summed E-state index contributed by atoms with van der Waals surface area (Å²) < 4.78 is 0. The Morgan fingerprint density at radius 2 is 1.35 bits per heavy atom. The van der Waals surface area contributed by atoms with Crippen molar-refractivity contribution in [3.8, 4) is 5.75 Å². The average molecular weight is 890 g/mol. The van der Waals surface area contributed by atoms with Gasteiger partial charge in [-0.3, -0.25) is 43.2 Å². The van der Waals surface area contributed by atoms with Crippen molar-refractivity contribution < 1.29 is 63.3 Å². The number of aromatic hydroxyl groups is 1. The van der Waals surface area contributed by atoms with E-state index >= 15 is 0 Å². The molecule has 8 atom stereocenters. The number of carbonyl (C=O) groups excluding carboxylic acids is 8. The highest BCUT2D eigenvalue weighted by molar-refractivity contribution is 5.97. The van der Waals surface area contributed by atoms with Crippen LogP contribution in [0.5, 0.6) is 5.75 Å². The Balaban J connectivity index is 2.18. The van der Waals surface area contributed by atoms with Crippen LogP contribution in [-0.2, 0) is 54.4 Å². The summed E-state index contributed by atoms with van der Waals surface area (Å²) in [6, 6.07) is -3.48. The van der Waals surface area contributed by atoms with Gasteiger partial charge < -0.3 is 63.6 Å². The number of amides is 8. The highest BCUT2D eigenvalue weighted by atomic mass is 16.4. The normalized spacial score (nSPS) is 16.8. The molecule has 1 heterocycles. The molecule has 0 saturated carbocycles. The molecule has 0 aliphatic carbocycles. The summed E-state index contributed by atoms with van der Waals surface area (Å²) in [7, 11) is 0. The van der Waals surface area contributed by atoms with Crippen LogP contribution in [0, 0.1) is 11.8 Å². The second-order valence-corrected chi connectivity index (χ2v) is 16.1. The van der Waals surface area contributed by atoms with Gasteiger partial charge in [-0.2, -0.15) is 0 Å². The van der Waals surface area contributed by atoms with Crippen LogP contribution in [0.4, 0.5) is 0 Å². The molecule has 0 bridgehead atoms. The molecule has 0 aromatic heterocycles. The van der Waals surface area contributed by atoms with Crippen LogP contribution >= 0.6 is 0 Å². The van der Waals surface area contributed by atoms with Gasteiger partial charge in [0, 0.05) is 25.8 Å². The van der Waals surface area contributed by atoms with Crippen molar-refractivity contribution in [1.29, 1.82) is 0 Å². The van der Waals surface area contributed by atoms with E-state index in [2.05, 4.69) is 31.9 Å². The van der Waals surface area contributed by atoms with E-state index in [1.807, 2.05) is 20.8 Å². The molecule has 22 nitrogen and oxygen atoms in total. The Morgan fingerprint density at radius 3 is 1.89 bits per heavy atom. The maximum absolute atomic E-state index is 13.9. The van der Waals surface area contributed by atoms with E-state index in [0.29, 0.717) is 24.8 Å². The van der Waals surface area contributed by atoms with Gasteiger partial charge in [-0.05, 0) is 68.6 Å². The first-order valence-corrected chi connectivity index (χ1v) is 20.9. The van der Waals surface area contributed by atoms with Gasteiger partial charge in [0.15, 0.2) is 0 Å². The molecule has 1 saturated heterocycles. The van der Waals surface area contributed by atoms with Crippen LogP contribution in [0.25, 0.3) is 0 Å². The largest absolute Gasteiger partial charge is 0.508 e. The van der Waals surface area contributed by atoms with Gasteiger partial charge in [-0.25, -0.2) is 4.79 Å². The Labute approximate surface area is 365 Å². The Hall–Kier alpha value is -6.32. The Morgan fingerprint density at radius 1 is 0.778 bits per heavy atom. The van der Waals surface area contributed by atoms with E-state index in [0.717, 1.165) is 0 Å². The van der Waals surface area contributed by atoms with Crippen LogP contribution in [-0.4, -0.2) is 135 Å². The summed E-state index contributed by atoms with van der Waals surface area (Å²) in [6.45, 7) is 8.39. The monoisotopic (exact) mass is 889 g/mol. The average Bonchev–Trinajstić information content (AvgIpc) is 3.72. The van der Waals surface area contributed by atoms with E-state index in [-0.39, 0.29) is 43.4 Å². The number of nitrogens with one attached hydrogen (secondary N) is 6. The number of rotatable bonds is 26. The predicted molar refractivity (Wildman–Crippen MR) is 225 cm³/mol. The number of carboxylic acid groups (broad SMARTS) is 2. The van der Waals surface area contributed by atoms with Gasteiger partial charge >= 0.3 is 11.9 Å². The number of phenols is 1. The Bertz CT molecular complexity index is 1810. The lowest BCUT2D eigenvalue weighted by Crippen LogP contribution is -2.59. The van der Waals surface area contributed by atoms with Crippen LogP contribution < -0.4 is 43.4 Å². The first kappa shape index (κ1) is 52.8. The number of nitrogens with two attached hydrogens (primary N) is 2.